The predicted octanol–water partition coefficient (Wildman–Crippen LogP) is 4.12. The monoisotopic (exact) mass is 398 g/mol. The van der Waals surface area contributed by atoms with Gasteiger partial charge in [0.15, 0.2) is 0 Å². The predicted molar refractivity (Wildman–Crippen MR) is 60.5 cm³/mol. The Kier molecular flexibility index (Phi) is 4.37. The van der Waals surface area contributed by atoms with Gasteiger partial charge in [-0.2, -0.15) is 26.3 Å². The van der Waals surface area contributed by atoms with E-state index in [-0.39, 0.29) is 15.7 Å². The summed E-state index contributed by atoms with van der Waals surface area (Å²) in [5.41, 5.74) is -4.32. The van der Waals surface area contributed by atoms with Crippen LogP contribution in [0.5, 0.6) is 0 Å². The van der Waals surface area contributed by atoms with Gasteiger partial charge >= 0.3 is 18.3 Å². The zero-order valence-corrected chi connectivity index (χ0v) is 11.3. The minimum absolute atomic E-state index is 0.149. The molecule has 106 valence electrons. The molecule has 0 saturated heterocycles. The Labute approximate surface area is 116 Å². The lowest BCUT2D eigenvalue weighted by atomic mass is 10.0. The first-order valence-electron chi connectivity index (χ1n) is 4.54. The van der Waals surface area contributed by atoms with Gasteiger partial charge in [0.25, 0.3) is 0 Å². The molecule has 0 spiro atoms. The van der Waals surface area contributed by atoms with Gasteiger partial charge in [-0.05, 0) is 34.7 Å². The van der Waals surface area contributed by atoms with Gasteiger partial charge in [-0.25, -0.2) is 4.79 Å². The van der Waals surface area contributed by atoms with Crippen LogP contribution in [0.1, 0.15) is 21.5 Å². The van der Waals surface area contributed by atoms with Gasteiger partial charge in [0.2, 0.25) is 0 Å². The average Bonchev–Trinajstić information content (AvgIpc) is 2.24. The SMILES string of the molecule is COC(=O)c1cc(C(F)(F)F)c(C(F)(F)F)cc1I. The van der Waals surface area contributed by atoms with Crippen molar-refractivity contribution in [3.63, 3.8) is 0 Å². The lowest BCUT2D eigenvalue weighted by Gasteiger charge is -2.17. The fourth-order valence-corrected chi connectivity index (χ4v) is 2.00. The Hall–Kier alpha value is -1.00. The van der Waals surface area contributed by atoms with Crippen molar-refractivity contribution < 1.29 is 35.9 Å². The topological polar surface area (TPSA) is 26.3 Å². The Morgan fingerprint density at radius 1 is 1.05 bits per heavy atom. The van der Waals surface area contributed by atoms with Gasteiger partial charge in [-0.1, -0.05) is 0 Å². The van der Waals surface area contributed by atoms with Crippen LogP contribution in [0, 0.1) is 3.57 Å². The molecule has 0 bridgehead atoms. The van der Waals surface area contributed by atoms with Crippen LogP contribution in [0.3, 0.4) is 0 Å². The quantitative estimate of drug-likeness (QED) is 0.405. The molecule has 0 saturated carbocycles. The first-order chi connectivity index (χ1) is 8.48. The standard InChI is InChI=1S/C10H5F6IO2/c1-19-8(18)4-2-5(9(11,12)13)6(3-7(4)17)10(14,15)16/h2-3H,1H3. The van der Waals surface area contributed by atoms with Crippen LogP contribution in [0.2, 0.25) is 0 Å². The molecular formula is C10H5F6IO2. The molecule has 0 aromatic heterocycles. The lowest BCUT2D eigenvalue weighted by molar-refractivity contribution is -0.162. The number of ether oxygens (including phenoxy) is 1. The summed E-state index contributed by atoms with van der Waals surface area (Å²) in [5, 5.41) is 0. The van der Waals surface area contributed by atoms with Crippen molar-refractivity contribution in [1.82, 2.24) is 0 Å². The number of rotatable bonds is 1. The molecule has 0 aliphatic rings. The molecular weight excluding hydrogens is 393 g/mol. The first kappa shape index (κ1) is 16.1. The van der Waals surface area contributed by atoms with Crippen molar-refractivity contribution >= 4 is 28.6 Å². The Morgan fingerprint density at radius 2 is 1.47 bits per heavy atom. The maximum absolute atomic E-state index is 12.6. The third-order valence-corrected chi connectivity index (χ3v) is 3.02. The van der Waals surface area contributed by atoms with E-state index in [2.05, 4.69) is 4.74 Å². The molecule has 2 nitrogen and oxygen atoms in total. The molecule has 1 aromatic carbocycles. The van der Waals surface area contributed by atoms with Gasteiger partial charge in [0.1, 0.15) is 0 Å². The van der Waals surface area contributed by atoms with E-state index in [9.17, 15) is 31.1 Å². The van der Waals surface area contributed by atoms with Gasteiger partial charge in [-0.3, -0.25) is 0 Å². The van der Waals surface area contributed by atoms with E-state index in [1.165, 1.54) is 22.6 Å². The van der Waals surface area contributed by atoms with Gasteiger partial charge < -0.3 is 4.74 Å². The molecule has 0 amide bonds. The molecule has 0 radical (unpaired) electrons. The van der Waals surface area contributed by atoms with Crippen LogP contribution in [0.25, 0.3) is 0 Å². The number of methoxy groups -OCH3 is 1. The number of halogens is 7. The molecule has 19 heavy (non-hydrogen) atoms. The summed E-state index contributed by atoms with van der Waals surface area (Å²) in [4.78, 5) is 11.2. The number of alkyl halides is 6. The number of hydrogen-bond acceptors (Lipinski definition) is 2. The highest BCUT2D eigenvalue weighted by Crippen LogP contribution is 2.41. The van der Waals surface area contributed by atoms with Crippen LogP contribution in [-0.4, -0.2) is 13.1 Å². The van der Waals surface area contributed by atoms with E-state index in [1.807, 2.05) is 0 Å². The largest absolute Gasteiger partial charge is 0.465 e. The summed E-state index contributed by atoms with van der Waals surface area (Å²) in [7, 11) is 0.920. The first-order valence-corrected chi connectivity index (χ1v) is 5.62. The summed E-state index contributed by atoms with van der Waals surface area (Å²) >= 11 is 1.34. The molecule has 1 aromatic rings. The van der Waals surface area contributed by atoms with E-state index in [4.69, 9.17) is 0 Å². The van der Waals surface area contributed by atoms with E-state index >= 15 is 0 Å². The number of carbonyl (C=O) groups excluding carboxylic acids is 1. The minimum Gasteiger partial charge on any atom is -0.465 e. The van der Waals surface area contributed by atoms with Crippen LogP contribution in [-0.2, 0) is 17.1 Å². The van der Waals surface area contributed by atoms with E-state index in [0.717, 1.165) is 7.11 Å². The molecule has 1 rings (SSSR count). The fourth-order valence-electron chi connectivity index (χ4n) is 1.31. The van der Waals surface area contributed by atoms with Crippen molar-refractivity contribution in [2.24, 2.45) is 0 Å². The molecule has 0 unspecified atom stereocenters. The molecule has 9 heteroatoms. The van der Waals surface area contributed by atoms with Crippen molar-refractivity contribution in [2.45, 2.75) is 12.4 Å². The Morgan fingerprint density at radius 3 is 1.84 bits per heavy atom. The fraction of sp³-hybridized carbons (Fsp3) is 0.300. The second kappa shape index (κ2) is 5.17. The van der Waals surface area contributed by atoms with Crippen molar-refractivity contribution in [3.05, 3.63) is 32.4 Å². The highest BCUT2D eigenvalue weighted by atomic mass is 127. The molecule has 0 aliphatic heterocycles. The zero-order chi connectivity index (χ0) is 15.0. The zero-order valence-electron chi connectivity index (χ0n) is 9.12. The Bertz CT molecular complexity index is 506. The average molecular weight is 398 g/mol. The Balaban J connectivity index is 3.61. The number of benzene rings is 1. The molecule has 0 N–H and O–H groups in total. The van der Waals surface area contributed by atoms with Crippen LogP contribution >= 0.6 is 22.6 Å². The summed E-state index contributed by atoms with van der Waals surface area (Å²) < 4.78 is 79.4. The van der Waals surface area contributed by atoms with Crippen molar-refractivity contribution in [3.8, 4) is 0 Å². The van der Waals surface area contributed by atoms with Gasteiger partial charge in [0, 0.05) is 3.57 Å². The normalized spacial score (nSPS) is 12.4. The number of carbonyl (C=O) groups is 1. The summed E-state index contributed by atoms with van der Waals surface area (Å²) in [5.74, 6) is -1.14. The molecule has 0 aliphatic carbocycles. The smallest absolute Gasteiger partial charge is 0.417 e. The highest BCUT2D eigenvalue weighted by molar-refractivity contribution is 14.1. The highest BCUT2D eigenvalue weighted by Gasteiger charge is 2.44. The molecule has 0 atom stereocenters. The third kappa shape index (κ3) is 3.51. The second-order valence-electron chi connectivity index (χ2n) is 3.36. The van der Waals surface area contributed by atoms with E-state index in [1.54, 1.807) is 0 Å². The van der Waals surface area contributed by atoms with Crippen LogP contribution in [0.4, 0.5) is 26.3 Å². The van der Waals surface area contributed by atoms with Crippen LogP contribution in [0.15, 0.2) is 12.1 Å². The van der Waals surface area contributed by atoms with E-state index < -0.39 is 35.0 Å². The number of hydrogen-bond donors (Lipinski definition) is 0. The minimum atomic E-state index is -5.22. The van der Waals surface area contributed by atoms with Gasteiger partial charge in [0.05, 0.1) is 23.8 Å². The second-order valence-corrected chi connectivity index (χ2v) is 4.53. The summed E-state index contributed by atoms with van der Waals surface area (Å²) in [6.45, 7) is 0. The summed E-state index contributed by atoms with van der Waals surface area (Å²) in [6.07, 6.45) is -10.4. The van der Waals surface area contributed by atoms with Crippen molar-refractivity contribution in [2.75, 3.05) is 7.11 Å². The summed E-state index contributed by atoms with van der Waals surface area (Å²) in [6, 6.07) is 0.423. The lowest BCUT2D eigenvalue weighted by Crippen LogP contribution is -2.19. The van der Waals surface area contributed by atoms with Gasteiger partial charge in [-0.15, -0.1) is 0 Å². The molecule has 0 fully saturated rings. The maximum Gasteiger partial charge on any atom is 0.417 e. The maximum atomic E-state index is 12.6. The number of esters is 1. The van der Waals surface area contributed by atoms with Crippen molar-refractivity contribution in [1.29, 1.82) is 0 Å². The van der Waals surface area contributed by atoms with E-state index in [0.29, 0.717) is 0 Å². The van der Waals surface area contributed by atoms with Crippen LogP contribution < -0.4 is 0 Å². The molecule has 0 heterocycles. The third-order valence-electron chi connectivity index (χ3n) is 2.12.